The molecular formula is C12H11BrN2O. The molecule has 2 aromatic rings. The zero-order chi connectivity index (χ0) is 11.1. The van der Waals surface area contributed by atoms with Gasteiger partial charge < -0.3 is 0 Å². The summed E-state index contributed by atoms with van der Waals surface area (Å²) in [5.41, 5.74) is 0.832. The number of fused-ring (bicyclic) bond motifs is 1. The van der Waals surface area contributed by atoms with Crippen LogP contribution in [-0.4, -0.2) is 9.55 Å². The first-order valence-electron chi connectivity index (χ1n) is 5.39. The lowest BCUT2D eigenvalue weighted by Crippen LogP contribution is -2.21. The van der Waals surface area contributed by atoms with Gasteiger partial charge in [0.1, 0.15) is 0 Å². The van der Waals surface area contributed by atoms with Gasteiger partial charge in [-0.3, -0.25) is 9.36 Å². The summed E-state index contributed by atoms with van der Waals surface area (Å²) < 4.78 is 2.65. The fraction of sp³-hybridized carbons (Fsp3) is 0.333. The van der Waals surface area contributed by atoms with Crippen molar-refractivity contribution in [3.8, 4) is 0 Å². The first kappa shape index (κ1) is 10.0. The van der Waals surface area contributed by atoms with Crippen molar-refractivity contribution in [3.63, 3.8) is 0 Å². The van der Waals surface area contributed by atoms with Crippen molar-refractivity contribution < 1.29 is 0 Å². The normalized spacial score (nSPS) is 15.6. The Labute approximate surface area is 101 Å². The second-order valence-electron chi connectivity index (χ2n) is 4.31. The van der Waals surface area contributed by atoms with E-state index in [0.29, 0.717) is 11.3 Å². The number of aromatic nitrogens is 2. The maximum Gasteiger partial charge on any atom is 0.261 e. The van der Waals surface area contributed by atoms with Crippen LogP contribution in [0.2, 0.25) is 0 Å². The van der Waals surface area contributed by atoms with Crippen molar-refractivity contribution in [2.75, 3.05) is 0 Å². The van der Waals surface area contributed by atoms with Gasteiger partial charge in [0.15, 0.2) is 0 Å². The molecule has 1 aliphatic carbocycles. The highest BCUT2D eigenvalue weighted by Gasteiger charge is 2.22. The molecule has 0 unspecified atom stereocenters. The fourth-order valence-corrected chi connectivity index (χ4v) is 2.20. The topological polar surface area (TPSA) is 34.9 Å². The van der Waals surface area contributed by atoms with Crippen LogP contribution in [0.4, 0.5) is 0 Å². The molecule has 1 heterocycles. The fourth-order valence-electron chi connectivity index (χ4n) is 1.84. The number of benzene rings is 1. The summed E-state index contributed by atoms with van der Waals surface area (Å²) in [6.45, 7) is 0.814. The third kappa shape index (κ3) is 1.78. The number of halogens is 1. The molecule has 1 aromatic heterocycles. The van der Waals surface area contributed by atoms with Crippen LogP contribution in [0, 0.1) is 5.92 Å². The zero-order valence-electron chi connectivity index (χ0n) is 8.69. The van der Waals surface area contributed by atoms with E-state index in [4.69, 9.17) is 0 Å². The molecule has 3 nitrogen and oxygen atoms in total. The Hall–Kier alpha value is -1.16. The SMILES string of the molecule is O=c1c2cc(Br)ccc2ncn1CC1CC1. The number of nitrogens with zero attached hydrogens (tertiary/aromatic N) is 2. The molecule has 82 valence electrons. The summed E-state index contributed by atoms with van der Waals surface area (Å²) >= 11 is 3.38. The number of hydrogen-bond donors (Lipinski definition) is 0. The first-order valence-corrected chi connectivity index (χ1v) is 6.18. The predicted molar refractivity (Wildman–Crippen MR) is 66.4 cm³/mol. The quantitative estimate of drug-likeness (QED) is 0.846. The van der Waals surface area contributed by atoms with Crippen molar-refractivity contribution in [1.29, 1.82) is 0 Å². The van der Waals surface area contributed by atoms with Gasteiger partial charge in [-0.2, -0.15) is 0 Å². The van der Waals surface area contributed by atoms with Crippen LogP contribution in [0.5, 0.6) is 0 Å². The molecule has 16 heavy (non-hydrogen) atoms. The highest BCUT2D eigenvalue weighted by atomic mass is 79.9. The lowest BCUT2D eigenvalue weighted by molar-refractivity contribution is 0.602. The Bertz CT molecular complexity index is 601. The van der Waals surface area contributed by atoms with E-state index < -0.39 is 0 Å². The van der Waals surface area contributed by atoms with Crippen LogP contribution in [0.1, 0.15) is 12.8 Å². The van der Waals surface area contributed by atoms with E-state index in [0.717, 1.165) is 16.5 Å². The summed E-state index contributed by atoms with van der Waals surface area (Å²) in [7, 11) is 0. The van der Waals surface area contributed by atoms with E-state index in [9.17, 15) is 4.79 Å². The standard InChI is InChI=1S/C12H11BrN2O/c13-9-3-4-11-10(5-9)12(16)15(7-14-11)6-8-1-2-8/h3-5,7-8H,1-2,6H2. The summed E-state index contributed by atoms with van der Waals surface area (Å²) in [6.07, 6.45) is 4.14. The molecule has 1 aromatic carbocycles. The smallest absolute Gasteiger partial charge is 0.261 e. The highest BCUT2D eigenvalue weighted by Crippen LogP contribution is 2.30. The van der Waals surface area contributed by atoms with Gasteiger partial charge in [0.2, 0.25) is 0 Å². The molecule has 1 saturated carbocycles. The molecule has 0 radical (unpaired) electrons. The van der Waals surface area contributed by atoms with Gasteiger partial charge in [0, 0.05) is 11.0 Å². The van der Waals surface area contributed by atoms with Gasteiger partial charge in [0.05, 0.1) is 17.2 Å². The molecule has 0 aliphatic heterocycles. The van der Waals surface area contributed by atoms with Crippen LogP contribution in [0.25, 0.3) is 10.9 Å². The summed E-state index contributed by atoms with van der Waals surface area (Å²) in [5.74, 6) is 0.684. The van der Waals surface area contributed by atoms with E-state index in [1.165, 1.54) is 12.8 Å². The van der Waals surface area contributed by atoms with Crippen molar-refractivity contribution in [2.24, 2.45) is 5.92 Å². The molecule has 0 amide bonds. The van der Waals surface area contributed by atoms with E-state index in [-0.39, 0.29) is 5.56 Å². The van der Waals surface area contributed by atoms with Crippen molar-refractivity contribution in [1.82, 2.24) is 9.55 Å². The van der Waals surface area contributed by atoms with Gasteiger partial charge in [-0.15, -0.1) is 0 Å². The molecule has 1 aliphatic rings. The number of hydrogen-bond acceptors (Lipinski definition) is 2. The molecule has 0 bridgehead atoms. The molecule has 4 heteroatoms. The predicted octanol–water partition coefficient (Wildman–Crippen LogP) is 2.57. The van der Waals surface area contributed by atoms with E-state index in [1.54, 1.807) is 10.9 Å². The highest BCUT2D eigenvalue weighted by molar-refractivity contribution is 9.10. The summed E-state index contributed by atoms with van der Waals surface area (Å²) in [6, 6.07) is 5.61. The maximum absolute atomic E-state index is 12.1. The van der Waals surface area contributed by atoms with Crippen LogP contribution in [0.15, 0.2) is 33.8 Å². The molecule has 0 spiro atoms. The largest absolute Gasteiger partial charge is 0.298 e. The first-order chi connectivity index (χ1) is 7.74. The van der Waals surface area contributed by atoms with E-state index in [1.807, 2.05) is 18.2 Å². The lowest BCUT2D eigenvalue weighted by Gasteiger charge is -2.05. The molecular weight excluding hydrogens is 268 g/mol. The maximum atomic E-state index is 12.1. The van der Waals surface area contributed by atoms with Crippen LogP contribution < -0.4 is 5.56 Å². The van der Waals surface area contributed by atoms with Gasteiger partial charge in [0.25, 0.3) is 5.56 Å². The Morgan fingerprint density at radius 1 is 1.44 bits per heavy atom. The Morgan fingerprint density at radius 3 is 3.00 bits per heavy atom. The van der Waals surface area contributed by atoms with Crippen molar-refractivity contribution in [3.05, 3.63) is 39.4 Å². The molecule has 3 rings (SSSR count). The number of rotatable bonds is 2. The minimum atomic E-state index is 0.0678. The van der Waals surface area contributed by atoms with Gasteiger partial charge >= 0.3 is 0 Å². The average molecular weight is 279 g/mol. The van der Waals surface area contributed by atoms with E-state index >= 15 is 0 Å². The molecule has 0 atom stereocenters. The van der Waals surface area contributed by atoms with Gasteiger partial charge in [-0.25, -0.2) is 4.98 Å². The minimum Gasteiger partial charge on any atom is -0.298 e. The summed E-state index contributed by atoms with van der Waals surface area (Å²) in [5, 5.41) is 0.692. The third-order valence-corrected chi connectivity index (χ3v) is 3.43. The molecule has 0 saturated heterocycles. The van der Waals surface area contributed by atoms with Crippen LogP contribution >= 0.6 is 15.9 Å². The Balaban J connectivity index is 2.17. The third-order valence-electron chi connectivity index (χ3n) is 2.94. The molecule has 0 N–H and O–H groups in total. The van der Waals surface area contributed by atoms with Crippen LogP contribution in [-0.2, 0) is 6.54 Å². The van der Waals surface area contributed by atoms with Crippen LogP contribution in [0.3, 0.4) is 0 Å². The van der Waals surface area contributed by atoms with Crippen molar-refractivity contribution >= 4 is 26.8 Å². The average Bonchev–Trinajstić information content (AvgIpc) is 3.07. The second-order valence-corrected chi connectivity index (χ2v) is 5.22. The van der Waals surface area contributed by atoms with E-state index in [2.05, 4.69) is 20.9 Å². The van der Waals surface area contributed by atoms with Crippen molar-refractivity contribution in [2.45, 2.75) is 19.4 Å². The minimum absolute atomic E-state index is 0.0678. The zero-order valence-corrected chi connectivity index (χ0v) is 10.3. The van der Waals surface area contributed by atoms with Gasteiger partial charge in [-0.05, 0) is 37.0 Å². The summed E-state index contributed by atoms with van der Waals surface area (Å²) in [4.78, 5) is 16.5. The Kier molecular flexibility index (Phi) is 2.32. The Morgan fingerprint density at radius 2 is 2.25 bits per heavy atom. The second kappa shape index (κ2) is 3.70. The lowest BCUT2D eigenvalue weighted by atomic mass is 10.2. The van der Waals surface area contributed by atoms with Gasteiger partial charge in [-0.1, -0.05) is 15.9 Å². The molecule has 1 fully saturated rings. The monoisotopic (exact) mass is 278 g/mol.